The highest BCUT2D eigenvalue weighted by atomic mass is 16.6. The van der Waals surface area contributed by atoms with Gasteiger partial charge in [-0.15, -0.1) is 0 Å². The van der Waals surface area contributed by atoms with Gasteiger partial charge >= 0.3 is 13.4 Å². The normalized spacial score (nSPS) is 10.8. The lowest BCUT2D eigenvalue weighted by Crippen LogP contribution is -2.33. The van der Waals surface area contributed by atoms with Crippen molar-refractivity contribution >= 4 is 13.4 Å². The average molecular weight is 281 g/mol. The van der Waals surface area contributed by atoms with Crippen LogP contribution in [0, 0.1) is 0 Å². The molecule has 110 valence electrons. The van der Waals surface area contributed by atoms with Gasteiger partial charge in [-0.3, -0.25) is 0 Å². The maximum absolute atomic E-state index is 11.4. The molecule has 1 aromatic carbocycles. The Kier molecular flexibility index (Phi) is 5.85. The third kappa shape index (κ3) is 7.01. The summed E-state index contributed by atoms with van der Waals surface area (Å²) in [5.74, 6) is 0.356. The molecule has 6 nitrogen and oxygen atoms in total. The molecule has 0 bridgehead atoms. The second-order valence-corrected chi connectivity index (χ2v) is 5.27. The minimum absolute atomic E-state index is 0.356. The van der Waals surface area contributed by atoms with E-state index in [0.717, 1.165) is 5.56 Å². The maximum atomic E-state index is 11.4. The van der Waals surface area contributed by atoms with Gasteiger partial charge in [0.05, 0.1) is 0 Å². The van der Waals surface area contributed by atoms with Crippen molar-refractivity contribution < 1.29 is 24.2 Å². The average Bonchev–Trinajstić information content (AvgIpc) is 2.25. The Morgan fingerprint density at radius 3 is 2.65 bits per heavy atom. The SMILES string of the molecule is CC(C)(C)OC(=O)NCCc1cccc(OB(O)O)c1. The van der Waals surface area contributed by atoms with Crippen molar-refractivity contribution in [2.75, 3.05) is 6.54 Å². The third-order valence-electron chi connectivity index (χ3n) is 2.22. The molecule has 0 radical (unpaired) electrons. The first-order valence-electron chi connectivity index (χ1n) is 6.35. The van der Waals surface area contributed by atoms with Crippen LogP contribution in [0.2, 0.25) is 0 Å². The van der Waals surface area contributed by atoms with E-state index < -0.39 is 19.0 Å². The summed E-state index contributed by atoms with van der Waals surface area (Å²) in [5.41, 5.74) is 0.383. The number of nitrogens with one attached hydrogen (secondary N) is 1. The molecule has 0 heterocycles. The van der Waals surface area contributed by atoms with Gasteiger partial charge in [-0.1, -0.05) is 12.1 Å². The number of rotatable bonds is 5. The fraction of sp³-hybridized carbons (Fsp3) is 0.462. The number of amides is 1. The monoisotopic (exact) mass is 281 g/mol. The predicted molar refractivity (Wildman–Crippen MR) is 75.2 cm³/mol. The summed E-state index contributed by atoms with van der Waals surface area (Å²) in [6, 6.07) is 6.88. The lowest BCUT2D eigenvalue weighted by atomic mass is 10.1. The van der Waals surface area contributed by atoms with Crippen molar-refractivity contribution in [2.45, 2.75) is 32.8 Å². The summed E-state index contributed by atoms with van der Waals surface area (Å²) >= 11 is 0. The Morgan fingerprint density at radius 1 is 1.35 bits per heavy atom. The van der Waals surface area contributed by atoms with Crippen LogP contribution in [0.3, 0.4) is 0 Å². The smallest absolute Gasteiger partial charge is 0.512 e. The van der Waals surface area contributed by atoms with Gasteiger partial charge in [0, 0.05) is 6.54 Å². The number of benzene rings is 1. The molecule has 0 aliphatic carbocycles. The number of carbonyl (C=O) groups is 1. The summed E-state index contributed by atoms with van der Waals surface area (Å²) < 4.78 is 9.86. The van der Waals surface area contributed by atoms with E-state index in [9.17, 15) is 4.79 Å². The van der Waals surface area contributed by atoms with Crippen LogP contribution in [0.15, 0.2) is 24.3 Å². The standard InChI is InChI=1S/C13H20BNO5/c1-13(2,3)19-12(16)15-8-7-10-5-4-6-11(9-10)20-14(17)18/h4-6,9,17-18H,7-8H2,1-3H3,(H,15,16). The molecule has 20 heavy (non-hydrogen) atoms. The number of alkyl carbamates (subject to hydrolysis) is 1. The first kappa shape index (κ1) is 16.3. The van der Waals surface area contributed by atoms with Gasteiger partial charge in [-0.2, -0.15) is 0 Å². The molecule has 0 saturated carbocycles. The van der Waals surface area contributed by atoms with Gasteiger partial charge in [0.15, 0.2) is 0 Å². The third-order valence-corrected chi connectivity index (χ3v) is 2.22. The Morgan fingerprint density at radius 2 is 2.05 bits per heavy atom. The van der Waals surface area contributed by atoms with Crippen molar-refractivity contribution in [2.24, 2.45) is 0 Å². The Labute approximate surface area is 118 Å². The van der Waals surface area contributed by atoms with E-state index in [1.807, 2.05) is 6.07 Å². The molecule has 1 rings (SSSR count). The van der Waals surface area contributed by atoms with E-state index in [0.29, 0.717) is 18.7 Å². The molecule has 3 N–H and O–H groups in total. The van der Waals surface area contributed by atoms with Crippen molar-refractivity contribution in [1.82, 2.24) is 5.32 Å². The highest BCUT2D eigenvalue weighted by Gasteiger charge is 2.15. The summed E-state index contributed by atoms with van der Waals surface area (Å²) in [7, 11) is -1.84. The van der Waals surface area contributed by atoms with Crippen LogP contribution in [0.1, 0.15) is 26.3 Å². The van der Waals surface area contributed by atoms with Crippen LogP contribution in [0.25, 0.3) is 0 Å². The first-order valence-corrected chi connectivity index (χ1v) is 6.35. The molecule has 0 unspecified atom stereocenters. The highest BCUT2D eigenvalue weighted by molar-refractivity contribution is 6.33. The van der Waals surface area contributed by atoms with E-state index in [2.05, 4.69) is 5.32 Å². The number of ether oxygens (including phenoxy) is 1. The molecule has 0 fully saturated rings. The fourth-order valence-corrected chi connectivity index (χ4v) is 1.52. The van der Waals surface area contributed by atoms with Crippen LogP contribution in [0.4, 0.5) is 4.79 Å². The largest absolute Gasteiger partial charge is 0.707 e. The topological polar surface area (TPSA) is 88.0 Å². The molecule has 0 spiro atoms. The van der Waals surface area contributed by atoms with Gasteiger partial charge in [0.2, 0.25) is 0 Å². The van der Waals surface area contributed by atoms with E-state index >= 15 is 0 Å². The van der Waals surface area contributed by atoms with Crippen LogP contribution < -0.4 is 9.97 Å². The Balaban J connectivity index is 2.40. The van der Waals surface area contributed by atoms with Gasteiger partial charge < -0.3 is 24.8 Å². The summed E-state index contributed by atoms with van der Waals surface area (Å²) in [6.45, 7) is 5.81. The van der Waals surface area contributed by atoms with Crippen molar-refractivity contribution in [1.29, 1.82) is 0 Å². The molecule has 0 aromatic heterocycles. The lowest BCUT2D eigenvalue weighted by molar-refractivity contribution is 0.0528. The quantitative estimate of drug-likeness (QED) is 0.703. The van der Waals surface area contributed by atoms with Crippen molar-refractivity contribution in [3.8, 4) is 5.75 Å². The fourth-order valence-electron chi connectivity index (χ4n) is 1.52. The summed E-state index contributed by atoms with van der Waals surface area (Å²) in [4.78, 5) is 11.4. The molecule has 0 aliphatic heterocycles. The number of hydrogen-bond acceptors (Lipinski definition) is 5. The highest BCUT2D eigenvalue weighted by Crippen LogP contribution is 2.13. The molecular formula is C13H20BNO5. The van der Waals surface area contributed by atoms with Crippen molar-refractivity contribution in [3.05, 3.63) is 29.8 Å². The molecule has 0 saturated heterocycles. The second kappa shape index (κ2) is 7.16. The van der Waals surface area contributed by atoms with E-state index in [1.54, 1.807) is 39.0 Å². The molecule has 0 aliphatic rings. The number of carbonyl (C=O) groups excluding carboxylic acids is 1. The van der Waals surface area contributed by atoms with Crippen molar-refractivity contribution in [3.63, 3.8) is 0 Å². The summed E-state index contributed by atoms with van der Waals surface area (Å²) in [5, 5.41) is 20.1. The van der Waals surface area contributed by atoms with E-state index in [1.165, 1.54) is 0 Å². The lowest BCUT2D eigenvalue weighted by Gasteiger charge is -2.19. The minimum atomic E-state index is -1.84. The number of hydrogen-bond donors (Lipinski definition) is 3. The van der Waals surface area contributed by atoms with E-state index in [-0.39, 0.29) is 0 Å². The first-order chi connectivity index (χ1) is 9.26. The molecule has 0 atom stereocenters. The van der Waals surface area contributed by atoms with Gasteiger partial charge in [0.1, 0.15) is 11.4 Å². The zero-order chi connectivity index (χ0) is 15.2. The van der Waals surface area contributed by atoms with Gasteiger partial charge in [0.25, 0.3) is 0 Å². The summed E-state index contributed by atoms with van der Waals surface area (Å²) in [6.07, 6.45) is 0.119. The van der Waals surface area contributed by atoms with Crippen LogP contribution >= 0.6 is 0 Å². The molecule has 7 heteroatoms. The molecule has 1 amide bonds. The van der Waals surface area contributed by atoms with Gasteiger partial charge in [-0.05, 0) is 44.9 Å². The minimum Gasteiger partial charge on any atom is -0.512 e. The molecular weight excluding hydrogens is 261 g/mol. The van der Waals surface area contributed by atoms with Gasteiger partial charge in [-0.25, -0.2) is 4.79 Å². The Hall–Kier alpha value is -1.73. The molecule has 1 aromatic rings. The zero-order valence-corrected chi connectivity index (χ0v) is 11.9. The maximum Gasteiger partial charge on any atom is 0.707 e. The second-order valence-electron chi connectivity index (χ2n) is 5.27. The van der Waals surface area contributed by atoms with Crippen LogP contribution in [-0.2, 0) is 11.2 Å². The van der Waals surface area contributed by atoms with E-state index in [4.69, 9.17) is 19.4 Å². The predicted octanol–water partition coefficient (Wildman–Crippen LogP) is 1.10. The Bertz CT molecular complexity index is 445. The van der Waals surface area contributed by atoms with Crippen LogP contribution in [0.5, 0.6) is 5.75 Å². The van der Waals surface area contributed by atoms with Crippen LogP contribution in [-0.4, -0.2) is 35.6 Å². The zero-order valence-electron chi connectivity index (χ0n) is 11.9.